The quantitative estimate of drug-likeness (QED) is 0.722. The summed E-state index contributed by atoms with van der Waals surface area (Å²) < 4.78 is 1.49. The van der Waals surface area contributed by atoms with E-state index < -0.39 is 5.97 Å². The Morgan fingerprint density at radius 3 is 2.58 bits per heavy atom. The number of hydrogen-bond acceptors (Lipinski definition) is 3. The largest absolute Gasteiger partial charge is 0.477 e. The predicted molar refractivity (Wildman–Crippen MR) is 80.2 cm³/mol. The van der Waals surface area contributed by atoms with E-state index in [-0.39, 0.29) is 17.3 Å². The zero-order valence-corrected chi connectivity index (χ0v) is 13.6. The monoisotopic (exact) mass is 406 g/mol. The van der Waals surface area contributed by atoms with Gasteiger partial charge >= 0.3 is 5.97 Å². The number of rotatable bonds is 3. The highest BCUT2D eigenvalue weighted by Gasteiger charge is 2.18. The number of thiophene rings is 1. The molecular weight excluding hydrogens is 400 g/mol. The molecule has 5 nitrogen and oxygen atoms in total. The second-order valence-corrected chi connectivity index (χ2v) is 7.49. The lowest BCUT2D eigenvalue weighted by Gasteiger charge is -2.03. The number of anilines is 1. The second-order valence-electron chi connectivity index (χ2n) is 3.74. The SMILES string of the molecule is Cc1cc(NC(=O)c2cc(Br)sc2Br)c(C(=O)O)[nH]1. The number of amides is 1. The molecule has 0 radical (unpaired) electrons. The molecule has 3 N–H and O–H groups in total. The van der Waals surface area contributed by atoms with Gasteiger partial charge in [0.05, 0.1) is 18.8 Å². The number of aromatic amines is 1. The first kappa shape index (κ1) is 14.3. The minimum atomic E-state index is -1.12. The third kappa shape index (κ3) is 3.07. The van der Waals surface area contributed by atoms with Crippen LogP contribution in [0.25, 0.3) is 0 Å². The topological polar surface area (TPSA) is 82.2 Å². The van der Waals surface area contributed by atoms with Crippen LogP contribution in [0, 0.1) is 6.92 Å². The molecule has 0 aliphatic carbocycles. The molecule has 0 saturated carbocycles. The smallest absolute Gasteiger partial charge is 0.354 e. The van der Waals surface area contributed by atoms with E-state index in [1.807, 2.05) is 0 Å². The fourth-order valence-corrected chi connectivity index (χ4v) is 4.33. The Balaban J connectivity index is 2.29. The van der Waals surface area contributed by atoms with Crippen LogP contribution in [0.5, 0.6) is 0 Å². The van der Waals surface area contributed by atoms with Crippen molar-refractivity contribution in [3.05, 3.63) is 36.7 Å². The lowest BCUT2D eigenvalue weighted by atomic mass is 10.3. The van der Waals surface area contributed by atoms with Crippen LogP contribution in [0.1, 0.15) is 26.5 Å². The predicted octanol–water partition coefficient (Wildman–Crippen LogP) is 3.86. The van der Waals surface area contributed by atoms with E-state index >= 15 is 0 Å². The van der Waals surface area contributed by atoms with Gasteiger partial charge in [-0.15, -0.1) is 11.3 Å². The van der Waals surface area contributed by atoms with Crippen molar-refractivity contribution in [3.8, 4) is 0 Å². The van der Waals surface area contributed by atoms with Crippen LogP contribution in [0.2, 0.25) is 0 Å². The second kappa shape index (κ2) is 5.48. The van der Waals surface area contributed by atoms with Crippen molar-refractivity contribution < 1.29 is 14.7 Å². The first-order chi connectivity index (χ1) is 8.88. The molecule has 0 aliphatic heterocycles. The number of nitrogens with one attached hydrogen (secondary N) is 2. The maximum absolute atomic E-state index is 12.1. The Bertz CT molecular complexity index is 663. The summed E-state index contributed by atoms with van der Waals surface area (Å²) in [5, 5.41) is 11.6. The molecule has 19 heavy (non-hydrogen) atoms. The summed E-state index contributed by atoms with van der Waals surface area (Å²) in [4.78, 5) is 25.8. The molecule has 2 aromatic heterocycles. The number of carbonyl (C=O) groups is 2. The van der Waals surface area contributed by atoms with Crippen LogP contribution in [-0.4, -0.2) is 22.0 Å². The number of aromatic nitrogens is 1. The maximum Gasteiger partial charge on any atom is 0.354 e. The van der Waals surface area contributed by atoms with Crippen molar-refractivity contribution in [2.24, 2.45) is 0 Å². The standard InChI is InChI=1S/C11H8Br2N2O3S/c1-4-2-6(8(14-4)11(17)18)15-10(16)5-3-7(12)19-9(5)13/h2-3,14H,1H3,(H,15,16)(H,17,18). The van der Waals surface area contributed by atoms with Crippen molar-refractivity contribution in [1.82, 2.24) is 4.98 Å². The van der Waals surface area contributed by atoms with Gasteiger partial charge in [-0.3, -0.25) is 4.79 Å². The van der Waals surface area contributed by atoms with Crippen LogP contribution < -0.4 is 5.32 Å². The molecular formula is C11H8Br2N2O3S. The van der Waals surface area contributed by atoms with Gasteiger partial charge in [0.1, 0.15) is 5.69 Å². The number of H-pyrrole nitrogens is 1. The van der Waals surface area contributed by atoms with Crippen LogP contribution in [0.4, 0.5) is 5.69 Å². The van der Waals surface area contributed by atoms with Gasteiger partial charge in [-0.2, -0.15) is 0 Å². The van der Waals surface area contributed by atoms with E-state index in [0.717, 1.165) is 3.79 Å². The highest BCUT2D eigenvalue weighted by molar-refractivity contribution is 9.12. The highest BCUT2D eigenvalue weighted by atomic mass is 79.9. The highest BCUT2D eigenvalue weighted by Crippen LogP contribution is 2.32. The number of carboxylic acid groups (broad SMARTS) is 1. The summed E-state index contributed by atoms with van der Waals surface area (Å²) in [5.74, 6) is -1.48. The van der Waals surface area contributed by atoms with Crippen molar-refractivity contribution in [1.29, 1.82) is 0 Å². The number of halogens is 2. The fourth-order valence-electron chi connectivity index (χ4n) is 1.54. The molecule has 0 saturated heterocycles. The first-order valence-electron chi connectivity index (χ1n) is 5.07. The van der Waals surface area contributed by atoms with Crippen LogP contribution in [0.3, 0.4) is 0 Å². The number of aryl methyl sites for hydroxylation is 1. The molecule has 1 amide bonds. The van der Waals surface area contributed by atoms with Gasteiger partial charge in [0, 0.05) is 5.69 Å². The van der Waals surface area contributed by atoms with E-state index in [1.54, 1.807) is 19.1 Å². The Kier molecular flexibility index (Phi) is 4.12. The summed E-state index contributed by atoms with van der Waals surface area (Å²) in [5.41, 5.74) is 1.34. The van der Waals surface area contributed by atoms with Gasteiger partial charge in [0.15, 0.2) is 0 Å². The Labute approximate surface area is 129 Å². The van der Waals surface area contributed by atoms with Gasteiger partial charge in [-0.25, -0.2) is 4.79 Å². The molecule has 0 aromatic carbocycles. The number of hydrogen-bond donors (Lipinski definition) is 3. The lowest BCUT2D eigenvalue weighted by molar-refractivity contribution is 0.0692. The molecule has 8 heteroatoms. The van der Waals surface area contributed by atoms with Crippen molar-refractivity contribution in [3.63, 3.8) is 0 Å². The number of carboxylic acids is 1. The van der Waals surface area contributed by atoms with Crippen molar-refractivity contribution in [2.75, 3.05) is 5.32 Å². The molecule has 0 unspecified atom stereocenters. The normalized spacial score (nSPS) is 10.5. The van der Waals surface area contributed by atoms with Gasteiger partial charge in [-0.1, -0.05) is 0 Å². The summed E-state index contributed by atoms with van der Waals surface area (Å²) in [7, 11) is 0. The van der Waals surface area contributed by atoms with E-state index in [4.69, 9.17) is 5.11 Å². The minimum absolute atomic E-state index is 0.0312. The molecule has 2 heterocycles. The van der Waals surface area contributed by atoms with Crippen molar-refractivity contribution >= 4 is 60.8 Å². The fraction of sp³-hybridized carbons (Fsp3) is 0.0909. The number of aromatic carboxylic acids is 1. The molecule has 2 aromatic rings. The Morgan fingerprint density at radius 1 is 1.37 bits per heavy atom. The average molecular weight is 408 g/mol. The summed E-state index contributed by atoms with van der Waals surface area (Å²) in [6, 6.07) is 3.25. The summed E-state index contributed by atoms with van der Waals surface area (Å²) in [6.07, 6.45) is 0. The van der Waals surface area contributed by atoms with Gasteiger partial charge in [-0.05, 0) is 50.9 Å². The molecule has 0 spiro atoms. The van der Waals surface area contributed by atoms with Crippen LogP contribution in [-0.2, 0) is 0 Å². The molecule has 0 atom stereocenters. The van der Waals surface area contributed by atoms with Crippen molar-refractivity contribution in [2.45, 2.75) is 6.92 Å². The molecule has 0 fully saturated rings. The van der Waals surface area contributed by atoms with Gasteiger partial charge in [0.25, 0.3) is 5.91 Å². The van der Waals surface area contributed by atoms with E-state index in [1.165, 1.54) is 11.3 Å². The summed E-state index contributed by atoms with van der Waals surface area (Å²) >= 11 is 7.95. The van der Waals surface area contributed by atoms with E-state index in [0.29, 0.717) is 15.0 Å². The molecule has 0 bridgehead atoms. The van der Waals surface area contributed by atoms with Gasteiger partial charge in [0.2, 0.25) is 0 Å². The number of carbonyl (C=O) groups excluding carboxylic acids is 1. The summed E-state index contributed by atoms with van der Waals surface area (Å²) in [6.45, 7) is 1.72. The average Bonchev–Trinajstić information content (AvgIpc) is 2.81. The zero-order chi connectivity index (χ0) is 14.2. The van der Waals surface area contributed by atoms with Gasteiger partial charge < -0.3 is 15.4 Å². The van der Waals surface area contributed by atoms with E-state index in [2.05, 4.69) is 42.2 Å². The zero-order valence-electron chi connectivity index (χ0n) is 9.58. The first-order valence-corrected chi connectivity index (χ1v) is 7.48. The Hall–Kier alpha value is -1.12. The van der Waals surface area contributed by atoms with Crippen LogP contribution >= 0.6 is 43.2 Å². The van der Waals surface area contributed by atoms with E-state index in [9.17, 15) is 9.59 Å². The molecule has 100 valence electrons. The third-order valence-electron chi connectivity index (χ3n) is 2.32. The van der Waals surface area contributed by atoms with Crippen LogP contribution in [0.15, 0.2) is 19.7 Å². The molecule has 0 aliphatic rings. The third-order valence-corrected chi connectivity index (χ3v) is 4.66. The lowest BCUT2D eigenvalue weighted by Crippen LogP contribution is -2.13. The Morgan fingerprint density at radius 2 is 2.05 bits per heavy atom. The molecule has 2 rings (SSSR count). The minimum Gasteiger partial charge on any atom is -0.477 e. The maximum atomic E-state index is 12.1.